The van der Waals surface area contributed by atoms with Gasteiger partial charge < -0.3 is 10.6 Å². The first-order chi connectivity index (χ1) is 9.15. The van der Waals surface area contributed by atoms with Gasteiger partial charge in [0.15, 0.2) is 5.13 Å². The number of nitrogens with zero attached hydrogens (tertiary/aromatic N) is 3. The summed E-state index contributed by atoms with van der Waals surface area (Å²) in [6.07, 6.45) is 3.54. The van der Waals surface area contributed by atoms with Gasteiger partial charge in [-0.25, -0.2) is 4.98 Å². The van der Waals surface area contributed by atoms with Gasteiger partial charge in [-0.2, -0.15) is 0 Å². The van der Waals surface area contributed by atoms with Gasteiger partial charge in [-0.1, -0.05) is 11.3 Å². The van der Waals surface area contributed by atoms with Crippen LogP contribution < -0.4 is 5.73 Å². The number of carbonyl (C=O) groups is 1. The fourth-order valence-corrected chi connectivity index (χ4v) is 3.95. The minimum Gasteiger partial charge on any atom is -0.375 e. The number of nitrogen functional groups attached to an aromatic ring is 1. The molecule has 1 unspecified atom stereocenters. The number of aryl methyl sites for hydroxylation is 1. The van der Waals surface area contributed by atoms with E-state index in [1.165, 1.54) is 30.7 Å². The fourth-order valence-electron chi connectivity index (χ4n) is 3.15. The number of hydrogen-bond acceptors (Lipinski definition) is 5. The summed E-state index contributed by atoms with van der Waals surface area (Å²) in [4.78, 5) is 22.0. The van der Waals surface area contributed by atoms with Gasteiger partial charge in [0.05, 0.1) is 5.69 Å². The predicted molar refractivity (Wildman–Crippen MR) is 76.4 cm³/mol. The Morgan fingerprint density at radius 2 is 2.16 bits per heavy atom. The number of amides is 1. The van der Waals surface area contributed by atoms with Gasteiger partial charge in [0.2, 0.25) is 0 Å². The second-order valence-corrected chi connectivity index (χ2v) is 6.43. The Balaban J connectivity index is 1.77. The van der Waals surface area contributed by atoms with Gasteiger partial charge >= 0.3 is 0 Å². The average Bonchev–Trinajstić information content (AvgIpc) is 2.89. The summed E-state index contributed by atoms with van der Waals surface area (Å²) in [6, 6.07) is 0.553. The number of hydrogen-bond donors (Lipinski definition) is 1. The number of carbonyl (C=O) groups excluding carboxylic acids is 1. The Labute approximate surface area is 117 Å². The van der Waals surface area contributed by atoms with Crippen LogP contribution in [0.5, 0.6) is 0 Å². The third kappa shape index (κ3) is 2.47. The number of rotatable bonds is 1. The van der Waals surface area contributed by atoms with Crippen LogP contribution in [0, 0.1) is 6.92 Å². The molecule has 5 nitrogen and oxygen atoms in total. The monoisotopic (exact) mass is 280 g/mol. The first-order valence-corrected chi connectivity index (χ1v) is 7.73. The Kier molecular flexibility index (Phi) is 3.45. The molecule has 19 heavy (non-hydrogen) atoms. The van der Waals surface area contributed by atoms with Crippen LogP contribution in [0.15, 0.2) is 0 Å². The zero-order chi connectivity index (χ0) is 13.4. The van der Waals surface area contributed by atoms with Crippen molar-refractivity contribution >= 4 is 22.4 Å². The summed E-state index contributed by atoms with van der Waals surface area (Å²) in [7, 11) is 0. The smallest absolute Gasteiger partial charge is 0.265 e. The van der Waals surface area contributed by atoms with Crippen LogP contribution in [0.3, 0.4) is 0 Å². The summed E-state index contributed by atoms with van der Waals surface area (Å²) in [5.41, 5.74) is 6.46. The molecule has 0 spiro atoms. The molecule has 2 saturated heterocycles. The Hall–Kier alpha value is -1.14. The van der Waals surface area contributed by atoms with Crippen molar-refractivity contribution in [1.82, 2.24) is 14.8 Å². The highest BCUT2D eigenvalue weighted by atomic mass is 32.1. The van der Waals surface area contributed by atoms with E-state index in [0.717, 1.165) is 31.7 Å². The van der Waals surface area contributed by atoms with Crippen LogP contribution in [0.2, 0.25) is 0 Å². The second-order valence-electron chi connectivity index (χ2n) is 5.40. The maximum Gasteiger partial charge on any atom is 0.265 e. The standard InChI is InChI=1S/C13H20N4OS/c1-9-11(19-13(14)15-9)12(18)17-7-3-6-16-5-2-4-10(16)8-17/h10H,2-8H2,1H3,(H2,14,15). The minimum atomic E-state index is 0.112. The average molecular weight is 280 g/mol. The van der Waals surface area contributed by atoms with Crippen molar-refractivity contribution in [3.05, 3.63) is 10.6 Å². The van der Waals surface area contributed by atoms with Crippen molar-refractivity contribution in [3.8, 4) is 0 Å². The highest BCUT2D eigenvalue weighted by molar-refractivity contribution is 7.17. The zero-order valence-electron chi connectivity index (χ0n) is 11.3. The Bertz CT molecular complexity index is 487. The van der Waals surface area contributed by atoms with Crippen LogP contribution in [0.25, 0.3) is 0 Å². The molecule has 3 heterocycles. The molecular formula is C13H20N4OS. The van der Waals surface area contributed by atoms with Crippen molar-refractivity contribution in [2.24, 2.45) is 0 Å². The van der Waals surface area contributed by atoms with Crippen molar-refractivity contribution in [1.29, 1.82) is 0 Å². The number of aromatic nitrogens is 1. The highest BCUT2D eigenvalue weighted by Gasteiger charge is 2.31. The molecule has 0 bridgehead atoms. The number of thiazole rings is 1. The molecule has 2 N–H and O–H groups in total. The van der Waals surface area contributed by atoms with Gasteiger partial charge in [-0.05, 0) is 32.7 Å². The van der Waals surface area contributed by atoms with E-state index < -0.39 is 0 Å². The van der Waals surface area contributed by atoms with Crippen molar-refractivity contribution < 1.29 is 4.79 Å². The first kappa shape index (κ1) is 12.9. The van der Waals surface area contributed by atoms with E-state index in [2.05, 4.69) is 9.88 Å². The third-order valence-corrected chi connectivity index (χ3v) is 5.07. The minimum absolute atomic E-state index is 0.112. The summed E-state index contributed by atoms with van der Waals surface area (Å²) in [5, 5.41) is 0.484. The molecule has 0 aromatic carbocycles. The van der Waals surface area contributed by atoms with Crippen LogP contribution in [-0.4, -0.2) is 52.9 Å². The molecule has 1 atom stereocenters. The van der Waals surface area contributed by atoms with E-state index in [-0.39, 0.29) is 5.91 Å². The van der Waals surface area contributed by atoms with Gasteiger partial charge in [-0.3, -0.25) is 9.69 Å². The molecule has 3 rings (SSSR count). The molecule has 1 amide bonds. The van der Waals surface area contributed by atoms with Crippen LogP contribution in [-0.2, 0) is 0 Å². The normalized spacial score (nSPS) is 24.3. The van der Waals surface area contributed by atoms with E-state index in [1.54, 1.807) is 0 Å². The molecule has 104 valence electrons. The molecule has 2 aliphatic rings. The van der Waals surface area contributed by atoms with Gasteiger partial charge in [-0.15, -0.1) is 0 Å². The maximum absolute atomic E-state index is 12.6. The van der Waals surface area contributed by atoms with Gasteiger partial charge in [0.1, 0.15) is 4.88 Å². The molecule has 0 radical (unpaired) electrons. The summed E-state index contributed by atoms with van der Waals surface area (Å²) >= 11 is 1.31. The maximum atomic E-state index is 12.6. The lowest BCUT2D eigenvalue weighted by molar-refractivity contribution is 0.0747. The summed E-state index contributed by atoms with van der Waals surface area (Å²) in [5.74, 6) is 0.112. The van der Waals surface area contributed by atoms with Gasteiger partial charge in [0.25, 0.3) is 5.91 Å². The number of nitrogens with two attached hydrogens (primary N) is 1. The molecule has 1 aromatic rings. The topological polar surface area (TPSA) is 62.5 Å². The lowest BCUT2D eigenvalue weighted by atomic mass is 10.2. The van der Waals surface area contributed by atoms with E-state index in [0.29, 0.717) is 16.1 Å². The Morgan fingerprint density at radius 1 is 1.37 bits per heavy atom. The largest absolute Gasteiger partial charge is 0.375 e. The predicted octanol–water partition coefficient (Wildman–Crippen LogP) is 1.34. The van der Waals surface area contributed by atoms with Gasteiger partial charge in [0, 0.05) is 25.7 Å². The lowest BCUT2D eigenvalue weighted by Crippen LogP contribution is -2.39. The van der Waals surface area contributed by atoms with Crippen molar-refractivity contribution in [2.75, 3.05) is 31.9 Å². The summed E-state index contributed by atoms with van der Waals surface area (Å²) in [6.45, 7) is 5.89. The first-order valence-electron chi connectivity index (χ1n) is 6.91. The molecule has 2 fully saturated rings. The lowest BCUT2D eigenvalue weighted by Gasteiger charge is -2.25. The van der Waals surface area contributed by atoms with E-state index in [9.17, 15) is 4.79 Å². The summed E-state index contributed by atoms with van der Waals surface area (Å²) < 4.78 is 0. The van der Waals surface area contributed by atoms with Crippen molar-refractivity contribution in [2.45, 2.75) is 32.2 Å². The molecule has 2 aliphatic heterocycles. The molecule has 0 aliphatic carbocycles. The molecule has 1 aromatic heterocycles. The number of fused-ring (bicyclic) bond motifs is 1. The quantitative estimate of drug-likeness (QED) is 0.843. The van der Waals surface area contributed by atoms with Crippen LogP contribution in [0.1, 0.15) is 34.6 Å². The third-order valence-electron chi connectivity index (χ3n) is 4.10. The van der Waals surface area contributed by atoms with E-state index in [4.69, 9.17) is 5.73 Å². The van der Waals surface area contributed by atoms with Crippen LogP contribution >= 0.6 is 11.3 Å². The molecule has 0 saturated carbocycles. The van der Waals surface area contributed by atoms with E-state index >= 15 is 0 Å². The molecule has 6 heteroatoms. The van der Waals surface area contributed by atoms with E-state index in [1.807, 2.05) is 11.8 Å². The zero-order valence-corrected chi connectivity index (χ0v) is 12.1. The van der Waals surface area contributed by atoms with Crippen LogP contribution in [0.4, 0.5) is 5.13 Å². The second kappa shape index (κ2) is 5.09. The SMILES string of the molecule is Cc1nc(N)sc1C(=O)N1CCCN2CCCC2C1. The Morgan fingerprint density at radius 3 is 2.89 bits per heavy atom. The molecular weight excluding hydrogens is 260 g/mol. The number of anilines is 1. The highest BCUT2D eigenvalue weighted by Crippen LogP contribution is 2.25. The fraction of sp³-hybridized carbons (Fsp3) is 0.692. The van der Waals surface area contributed by atoms with Crippen molar-refractivity contribution in [3.63, 3.8) is 0 Å².